The molecule has 1 unspecified atom stereocenters. The molecule has 0 amide bonds. The van der Waals surface area contributed by atoms with E-state index in [4.69, 9.17) is 0 Å². The van der Waals surface area contributed by atoms with Crippen molar-refractivity contribution in [3.63, 3.8) is 0 Å². The minimum absolute atomic E-state index is 0.0955. The molecule has 0 saturated carbocycles. The molecule has 0 aromatic rings. The van der Waals surface area contributed by atoms with E-state index in [0.717, 1.165) is 6.42 Å². The first-order valence-electron chi connectivity index (χ1n) is 6.07. The molecule has 0 bridgehead atoms. The molecule has 0 saturated heterocycles. The van der Waals surface area contributed by atoms with Crippen LogP contribution in [0.2, 0.25) is 0 Å². The predicted molar refractivity (Wildman–Crippen MR) is 73.6 cm³/mol. The van der Waals surface area contributed by atoms with Gasteiger partial charge in [-0.2, -0.15) is 0 Å². The van der Waals surface area contributed by atoms with Gasteiger partial charge in [-0.05, 0) is 39.7 Å². The molecule has 1 atom stereocenters. The zero-order chi connectivity index (χ0) is 13.9. The average molecular weight is 264 g/mol. The van der Waals surface area contributed by atoms with Gasteiger partial charge in [-0.25, -0.2) is 13.1 Å². The van der Waals surface area contributed by atoms with Crippen LogP contribution in [-0.2, 0) is 10.0 Å². The third-order valence-corrected chi connectivity index (χ3v) is 4.48. The molecule has 0 aliphatic rings. The van der Waals surface area contributed by atoms with Crippen molar-refractivity contribution in [1.82, 2.24) is 10.0 Å². The first kappa shape index (κ1) is 16.9. The zero-order valence-corrected chi connectivity index (χ0v) is 13.0. The Morgan fingerprint density at radius 1 is 1.12 bits per heavy atom. The van der Waals surface area contributed by atoms with Crippen LogP contribution in [0, 0.1) is 5.41 Å². The molecule has 0 aromatic carbocycles. The maximum absolute atomic E-state index is 12.1. The van der Waals surface area contributed by atoms with E-state index in [-0.39, 0.29) is 5.41 Å². The molecule has 0 spiro atoms. The number of hydrogen-bond donors (Lipinski definition) is 2. The highest BCUT2D eigenvalue weighted by Gasteiger charge is 2.32. The molecule has 0 aliphatic carbocycles. The third kappa shape index (κ3) is 7.01. The van der Waals surface area contributed by atoms with Gasteiger partial charge in [0, 0.05) is 12.1 Å². The van der Waals surface area contributed by atoms with Crippen molar-refractivity contribution in [2.24, 2.45) is 5.41 Å². The quantitative estimate of drug-likeness (QED) is 0.768. The van der Waals surface area contributed by atoms with Gasteiger partial charge in [-0.15, -0.1) is 0 Å². The summed E-state index contributed by atoms with van der Waals surface area (Å²) in [4.78, 5) is 0. The summed E-state index contributed by atoms with van der Waals surface area (Å²) in [6, 6.07) is 0. The maximum Gasteiger partial charge on any atom is 0.215 e. The van der Waals surface area contributed by atoms with Gasteiger partial charge in [0.2, 0.25) is 10.0 Å². The summed E-state index contributed by atoms with van der Waals surface area (Å²) in [5, 5.41) is 2.46. The number of rotatable bonds is 6. The zero-order valence-electron chi connectivity index (χ0n) is 12.2. The number of hydrogen-bond acceptors (Lipinski definition) is 3. The van der Waals surface area contributed by atoms with Crippen LogP contribution >= 0.6 is 0 Å². The lowest BCUT2D eigenvalue weighted by atomic mass is 9.82. The summed E-state index contributed by atoms with van der Waals surface area (Å²) in [5.74, 6) is 0. The third-order valence-electron chi connectivity index (χ3n) is 2.41. The minimum Gasteiger partial charge on any atom is -0.318 e. The summed E-state index contributed by atoms with van der Waals surface area (Å²) >= 11 is 0. The fraction of sp³-hybridized carbons (Fsp3) is 1.00. The SMILES string of the molecule is CNCC(C)S(=O)(=O)NC(C)(C)CC(C)(C)C. The second-order valence-electron chi connectivity index (χ2n) is 6.64. The van der Waals surface area contributed by atoms with Crippen molar-refractivity contribution in [2.75, 3.05) is 13.6 Å². The van der Waals surface area contributed by atoms with Crippen molar-refractivity contribution in [3.05, 3.63) is 0 Å². The first-order valence-corrected chi connectivity index (χ1v) is 7.62. The fourth-order valence-corrected chi connectivity index (χ4v) is 3.67. The van der Waals surface area contributed by atoms with Crippen LogP contribution in [0.5, 0.6) is 0 Å². The monoisotopic (exact) mass is 264 g/mol. The number of sulfonamides is 1. The number of nitrogens with one attached hydrogen (secondary N) is 2. The smallest absolute Gasteiger partial charge is 0.215 e. The molecule has 104 valence electrons. The maximum atomic E-state index is 12.1. The molecule has 2 N–H and O–H groups in total. The molecule has 4 nitrogen and oxygen atoms in total. The van der Waals surface area contributed by atoms with Gasteiger partial charge >= 0.3 is 0 Å². The second kappa shape index (κ2) is 5.67. The van der Waals surface area contributed by atoms with E-state index in [1.54, 1.807) is 14.0 Å². The van der Waals surface area contributed by atoms with Crippen molar-refractivity contribution >= 4 is 10.0 Å². The van der Waals surface area contributed by atoms with Gasteiger partial charge in [-0.3, -0.25) is 0 Å². The van der Waals surface area contributed by atoms with E-state index in [1.807, 2.05) is 13.8 Å². The van der Waals surface area contributed by atoms with Crippen LogP contribution in [-0.4, -0.2) is 32.8 Å². The first-order chi connectivity index (χ1) is 7.40. The highest BCUT2D eigenvalue weighted by atomic mass is 32.2. The molecule has 5 heteroatoms. The molecule has 0 aliphatic heterocycles. The summed E-state index contributed by atoms with van der Waals surface area (Å²) < 4.78 is 26.9. The van der Waals surface area contributed by atoms with Gasteiger partial charge in [0.25, 0.3) is 0 Å². The summed E-state index contributed by atoms with van der Waals surface area (Å²) in [6.45, 7) is 12.4. The topological polar surface area (TPSA) is 58.2 Å². The standard InChI is InChI=1S/C12H28N2O2S/c1-10(8-13-7)17(15,16)14-12(5,6)9-11(2,3)4/h10,13-14H,8-9H2,1-7H3. The Labute approximate surface area is 107 Å². The van der Waals surface area contributed by atoms with E-state index >= 15 is 0 Å². The van der Waals surface area contributed by atoms with E-state index in [9.17, 15) is 8.42 Å². The fourth-order valence-electron chi connectivity index (χ4n) is 2.24. The van der Waals surface area contributed by atoms with Gasteiger partial charge in [0.15, 0.2) is 0 Å². The van der Waals surface area contributed by atoms with Gasteiger partial charge in [-0.1, -0.05) is 20.8 Å². The van der Waals surface area contributed by atoms with E-state index in [0.29, 0.717) is 6.54 Å². The van der Waals surface area contributed by atoms with E-state index < -0.39 is 20.8 Å². The van der Waals surface area contributed by atoms with E-state index in [1.165, 1.54) is 0 Å². The second-order valence-corrected chi connectivity index (χ2v) is 8.74. The normalized spacial score (nSPS) is 15.9. The van der Waals surface area contributed by atoms with Crippen molar-refractivity contribution in [1.29, 1.82) is 0 Å². The Balaban J connectivity index is 4.71. The molecule has 0 fully saturated rings. The minimum atomic E-state index is -3.26. The lowest BCUT2D eigenvalue weighted by Crippen LogP contribution is -2.50. The van der Waals surface area contributed by atoms with Crippen LogP contribution in [0.4, 0.5) is 0 Å². The highest BCUT2D eigenvalue weighted by Crippen LogP contribution is 2.27. The van der Waals surface area contributed by atoms with Gasteiger partial charge in [0.05, 0.1) is 5.25 Å². The molecular formula is C12H28N2O2S. The lowest BCUT2D eigenvalue weighted by Gasteiger charge is -2.33. The Morgan fingerprint density at radius 2 is 1.59 bits per heavy atom. The Morgan fingerprint density at radius 3 is 1.94 bits per heavy atom. The molecular weight excluding hydrogens is 236 g/mol. The van der Waals surface area contributed by atoms with Crippen molar-refractivity contribution in [2.45, 2.75) is 58.8 Å². The average Bonchev–Trinajstić information content (AvgIpc) is 1.96. The Bertz CT molecular complexity index is 329. The molecule has 0 radical (unpaired) electrons. The van der Waals surface area contributed by atoms with Crippen molar-refractivity contribution in [3.8, 4) is 0 Å². The predicted octanol–water partition coefficient (Wildman–Crippen LogP) is 1.73. The molecule has 0 heterocycles. The van der Waals surface area contributed by atoms with Crippen LogP contribution in [0.1, 0.15) is 48.0 Å². The van der Waals surface area contributed by atoms with Gasteiger partial charge in [0.1, 0.15) is 0 Å². The summed E-state index contributed by atoms with van der Waals surface area (Å²) in [6.07, 6.45) is 0.797. The lowest BCUT2D eigenvalue weighted by molar-refractivity contribution is 0.269. The Hall–Kier alpha value is -0.130. The highest BCUT2D eigenvalue weighted by molar-refractivity contribution is 7.90. The van der Waals surface area contributed by atoms with Crippen LogP contribution in [0.15, 0.2) is 0 Å². The largest absolute Gasteiger partial charge is 0.318 e. The van der Waals surface area contributed by atoms with Crippen molar-refractivity contribution < 1.29 is 8.42 Å². The molecule has 0 rings (SSSR count). The molecule has 0 aromatic heterocycles. The summed E-state index contributed by atoms with van der Waals surface area (Å²) in [5.41, 5.74) is -0.322. The molecule has 17 heavy (non-hydrogen) atoms. The Kier molecular flexibility index (Phi) is 5.63. The van der Waals surface area contributed by atoms with E-state index in [2.05, 4.69) is 30.8 Å². The summed E-state index contributed by atoms with van der Waals surface area (Å²) in [7, 11) is -1.51. The van der Waals surface area contributed by atoms with Gasteiger partial charge < -0.3 is 5.32 Å². The van der Waals surface area contributed by atoms with Crippen LogP contribution in [0.25, 0.3) is 0 Å². The van der Waals surface area contributed by atoms with Crippen LogP contribution in [0.3, 0.4) is 0 Å². The van der Waals surface area contributed by atoms with Crippen LogP contribution < -0.4 is 10.0 Å².